The first-order chi connectivity index (χ1) is 10.1. The Bertz CT molecular complexity index is 869. The zero-order valence-electron chi connectivity index (χ0n) is 11.1. The van der Waals surface area contributed by atoms with Gasteiger partial charge in [-0.2, -0.15) is 0 Å². The number of nitrogens with zero attached hydrogens (tertiary/aromatic N) is 1. The van der Waals surface area contributed by atoms with E-state index in [1.807, 2.05) is 36.4 Å². The lowest BCUT2D eigenvalue weighted by Gasteiger charge is -2.09. The van der Waals surface area contributed by atoms with E-state index in [4.69, 9.17) is 9.15 Å². The summed E-state index contributed by atoms with van der Waals surface area (Å²) in [4.78, 5) is 12.1. The molecule has 2 aromatic carbocycles. The summed E-state index contributed by atoms with van der Waals surface area (Å²) in [5.74, 6) is 0.374. The van der Waals surface area contributed by atoms with Gasteiger partial charge < -0.3 is 9.15 Å². The highest BCUT2D eigenvalue weighted by molar-refractivity contribution is 14.1. The number of oxazole rings is 1. The van der Waals surface area contributed by atoms with Crippen molar-refractivity contribution in [2.75, 3.05) is 7.11 Å². The molecule has 0 radical (unpaired) electrons. The van der Waals surface area contributed by atoms with Gasteiger partial charge in [-0.25, -0.2) is 4.79 Å². The molecule has 1 heterocycles. The van der Waals surface area contributed by atoms with Crippen molar-refractivity contribution in [1.82, 2.24) is 4.57 Å². The monoisotopic (exact) mass is 459 g/mol. The molecule has 4 nitrogen and oxygen atoms in total. The van der Waals surface area contributed by atoms with E-state index >= 15 is 0 Å². The molecular weight excluding hydrogens is 449 g/mol. The number of methoxy groups -OCH3 is 1. The predicted molar refractivity (Wildman–Crippen MR) is 93.0 cm³/mol. The number of ether oxygens (including phenoxy) is 1. The number of rotatable bonds is 3. The summed E-state index contributed by atoms with van der Waals surface area (Å²) in [6.07, 6.45) is 0. The SMILES string of the molecule is COc1ccc(Br)cc1Cn1c(=O)oc2ccc(I)cc21. The van der Waals surface area contributed by atoms with Crippen LogP contribution in [0.2, 0.25) is 0 Å². The maximum atomic E-state index is 12.1. The number of aromatic nitrogens is 1. The molecule has 0 atom stereocenters. The maximum absolute atomic E-state index is 12.1. The van der Waals surface area contributed by atoms with Crippen LogP contribution < -0.4 is 10.5 Å². The summed E-state index contributed by atoms with van der Waals surface area (Å²) in [7, 11) is 1.62. The van der Waals surface area contributed by atoms with Gasteiger partial charge in [-0.3, -0.25) is 4.57 Å². The van der Waals surface area contributed by atoms with Gasteiger partial charge in [-0.15, -0.1) is 0 Å². The molecule has 0 aliphatic rings. The first-order valence-electron chi connectivity index (χ1n) is 6.20. The van der Waals surface area contributed by atoms with E-state index < -0.39 is 0 Å². The third-order valence-corrected chi connectivity index (χ3v) is 4.36. The highest BCUT2D eigenvalue weighted by atomic mass is 127. The highest BCUT2D eigenvalue weighted by Crippen LogP contribution is 2.25. The van der Waals surface area contributed by atoms with Gasteiger partial charge in [0.25, 0.3) is 0 Å². The van der Waals surface area contributed by atoms with E-state index in [-0.39, 0.29) is 5.76 Å². The van der Waals surface area contributed by atoms with Crippen molar-refractivity contribution in [3.63, 3.8) is 0 Å². The molecule has 0 aliphatic heterocycles. The average molecular weight is 460 g/mol. The summed E-state index contributed by atoms with van der Waals surface area (Å²) in [5.41, 5.74) is 2.29. The molecule has 0 fully saturated rings. The van der Waals surface area contributed by atoms with Crippen molar-refractivity contribution in [3.05, 3.63) is 60.6 Å². The molecular formula is C15H11BrINO3. The summed E-state index contributed by atoms with van der Waals surface area (Å²) in [6.45, 7) is 0.397. The van der Waals surface area contributed by atoms with Crippen LogP contribution in [0.5, 0.6) is 5.75 Å². The van der Waals surface area contributed by atoms with Crippen molar-refractivity contribution in [1.29, 1.82) is 0 Å². The molecule has 108 valence electrons. The van der Waals surface area contributed by atoms with Crippen molar-refractivity contribution in [3.8, 4) is 5.75 Å². The molecule has 21 heavy (non-hydrogen) atoms. The van der Waals surface area contributed by atoms with Crippen LogP contribution in [0.4, 0.5) is 0 Å². The van der Waals surface area contributed by atoms with E-state index in [9.17, 15) is 4.79 Å². The Hall–Kier alpha value is -1.28. The fourth-order valence-electron chi connectivity index (χ4n) is 2.23. The number of benzene rings is 2. The summed E-state index contributed by atoms with van der Waals surface area (Å²) in [6, 6.07) is 11.4. The van der Waals surface area contributed by atoms with Crippen molar-refractivity contribution in [2.45, 2.75) is 6.54 Å². The third-order valence-electron chi connectivity index (χ3n) is 3.20. The average Bonchev–Trinajstić information content (AvgIpc) is 2.75. The number of halogens is 2. The van der Waals surface area contributed by atoms with Crippen molar-refractivity contribution < 1.29 is 9.15 Å². The minimum atomic E-state index is -0.367. The molecule has 0 N–H and O–H groups in total. The van der Waals surface area contributed by atoms with Crippen molar-refractivity contribution in [2.24, 2.45) is 0 Å². The minimum Gasteiger partial charge on any atom is -0.496 e. The highest BCUT2D eigenvalue weighted by Gasteiger charge is 2.12. The van der Waals surface area contributed by atoms with E-state index in [1.54, 1.807) is 11.7 Å². The Morgan fingerprint density at radius 3 is 2.86 bits per heavy atom. The zero-order valence-corrected chi connectivity index (χ0v) is 14.8. The third kappa shape index (κ3) is 2.87. The molecule has 0 bridgehead atoms. The van der Waals surface area contributed by atoms with Gasteiger partial charge in [0.15, 0.2) is 5.58 Å². The maximum Gasteiger partial charge on any atom is 0.420 e. The van der Waals surface area contributed by atoms with Crippen LogP contribution in [0.25, 0.3) is 11.1 Å². The van der Waals surface area contributed by atoms with Gasteiger partial charge >= 0.3 is 5.76 Å². The smallest absolute Gasteiger partial charge is 0.420 e. The molecule has 0 spiro atoms. The second-order valence-electron chi connectivity index (χ2n) is 4.52. The van der Waals surface area contributed by atoms with Gasteiger partial charge in [-0.05, 0) is 59.0 Å². The topological polar surface area (TPSA) is 44.4 Å². The first kappa shape index (κ1) is 14.6. The van der Waals surface area contributed by atoms with Gasteiger partial charge in [0.1, 0.15) is 5.75 Å². The van der Waals surface area contributed by atoms with Crippen molar-refractivity contribution >= 4 is 49.6 Å². The summed E-state index contributed by atoms with van der Waals surface area (Å²) >= 11 is 5.66. The number of fused-ring (bicyclic) bond motifs is 1. The van der Waals surface area contributed by atoms with Gasteiger partial charge in [0.2, 0.25) is 0 Å². The Morgan fingerprint density at radius 1 is 1.29 bits per heavy atom. The quantitative estimate of drug-likeness (QED) is 0.555. The Morgan fingerprint density at radius 2 is 2.10 bits per heavy atom. The Labute approximate surface area is 143 Å². The lowest BCUT2D eigenvalue weighted by molar-refractivity contribution is 0.407. The van der Waals surface area contributed by atoms with Crippen LogP contribution in [-0.2, 0) is 6.54 Å². The lowest BCUT2D eigenvalue weighted by atomic mass is 10.2. The fourth-order valence-corrected chi connectivity index (χ4v) is 3.11. The van der Waals surface area contributed by atoms with Gasteiger partial charge in [0, 0.05) is 13.6 Å². The van der Waals surface area contributed by atoms with Crippen LogP contribution in [0.15, 0.2) is 50.1 Å². The fraction of sp³-hybridized carbons (Fsp3) is 0.133. The summed E-state index contributed by atoms with van der Waals surface area (Å²) in [5, 5.41) is 0. The molecule has 6 heteroatoms. The number of hydrogen-bond acceptors (Lipinski definition) is 3. The Kier molecular flexibility index (Phi) is 4.08. The molecule has 0 unspecified atom stereocenters. The van der Waals surface area contributed by atoms with Crippen LogP contribution in [-0.4, -0.2) is 11.7 Å². The van der Waals surface area contributed by atoms with Crippen LogP contribution in [0.1, 0.15) is 5.56 Å². The largest absolute Gasteiger partial charge is 0.496 e. The standard InChI is InChI=1S/C15H11BrINO3/c1-20-13-4-2-10(16)6-9(13)8-18-12-7-11(17)3-5-14(12)21-15(18)19/h2-7H,8H2,1H3. The van der Waals surface area contributed by atoms with Gasteiger partial charge in [0.05, 0.1) is 19.2 Å². The first-order valence-corrected chi connectivity index (χ1v) is 8.07. The molecule has 0 aliphatic carbocycles. The second-order valence-corrected chi connectivity index (χ2v) is 6.68. The van der Waals surface area contributed by atoms with E-state index in [1.165, 1.54) is 0 Å². The Balaban J connectivity index is 2.14. The molecule has 3 aromatic rings. The van der Waals surface area contributed by atoms with E-state index in [2.05, 4.69) is 38.5 Å². The normalized spacial score (nSPS) is 11.0. The molecule has 0 saturated heterocycles. The lowest BCUT2D eigenvalue weighted by Crippen LogP contribution is -2.15. The zero-order chi connectivity index (χ0) is 15.0. The molecule has 1 aromatic heterocycles. The van der Waals surface area contributed by atoms with Crippen LogP contribution in [0.3, 0.4) is 0 Å². The minimum absolute atomic E-state index is 0.367. The number of hydrogen-bond donors (Lipinski definition) is 0. The van der Waals surface area contributed by atoms with Crippen LogP contribution in [0, 0.1) is 3.57 Å². The van der Waals surface area contributed by atoms with Gasteiger partial charge in [-0.1, -0.05) is 15.9 Å². The van der Waals surface area contributed by atoms with E-state index in [0.717, 1.165) is 24.9 Å². The molecule has 0 amide bonds. The van der Waals surface area contributed by atoms with Crippen LogP contribution >= 0.6 is 38.5 Å². The summed E-state index contributed by atoms with van der Waals surface area (Å²) < 4.78 is 14.2. The molecule has 0 saturated carbocycles. The van der Waals surface area contributed by atoms with E-state index in [0.29, 0.717) is 12.1 Å². The molecule has 3 rings (SSSR count). The second kappa shape index (κ2) is 5.84. The predicted octanol–water partition coefficient (Wildman–Crippen LogP) is 4.02.